The first-order valence-electron chi connectivity index (χ1n) is 11.6. The van der Waals surface area contributed by atoms with E-state index in [2.05, 4.69) is 32.1 Å². The smallest absolute Gasteiger partial charge is 1.00 e. The molecule has 7 atom stereocenters. The molecule has 0 aromatic rings. The molecule has 0 aromatic heterocycles. The zero-order valence-electron chi connectivity index (χ0n) is 21.8. The zero-order valence-corrected chi connectivity index (χ0v) is 21.2. The number of aliphatic hydroxyl groups is 1. The molecule has 0 aromatic carbocycles. The maximum Gasteiger partial charge on any atom is 2.00 e. The maximum absolute atomic E-state index is 12.9. The van der Waals surface area contributed by atoms with Gasteiger partial charge in [-0.25, -0.2) is 0 Å². The Hall–Kier alpha value is -0.854. The number of ether oxygens (including phenoxy) is 2. The summed E-state index contributed by atoms with van der Waals surface area (Å²) in [5, 5.41) is 9.92. The summed E-state index contributed by atoms with van der Waals surface area (Å²) in [4.78, 5) is 24.6. The fourth-order valence-electron chi connectivity index (χ4n) is 5.08. The van der Waals surface area contributed by atoms with Crippen molar-refractivity contribution in [2.45, 2.75) is 91.5 Å². The molecule has 6 heteroatoms. The number of allylic oxidation sites excluding steroid dienone is 3. The molecule has 31 heavy (non-hydrogen) atoms. The van der Waals surface area contributed by atoms with Crippen LogP contribution in [0.2, 0.25) is 0 Å². The molecule has 3 aliphatic rings. The largest absolute Gasteiger partial charge is 2.00 e. The molecule has 5 nitrogen and oxygen atoms in total. The van der Waals surface area contributed by atoms with E-state index in [0.717, 1.165) is 25.7 Å². The quantitative estimate of drug-likeness (QED) is 0.484. The Bertz CT molecular complexity index is 724. The second-order valence-corrected chi connectivity index (χ2v) is 10.3. The molecule has 0 saturated carbocycles. The Morgan fingerprint density at radius 3 is 2.65 bits per heavy atom. The minimum Gasteiger partial charge on any atom is -1.00 e. The summed E-state index contributed by atoms with van der Waals surface area (Å²) in [5.41, 5.74) is 0.785. The van der Waals surface area contributed by atoms with Crippen LogP contribution in [0.1, 0.15) is 76.0 Å². The Labute approximate surface area is 206 Å². The van der Waals surface area contributed by atoms with Crippen LogP contribution in [0.4, 0.5) is 0 Å². The van der Waals surface area contributed by atoms with Gasteiger partial charge in [-0.1, -0.05) is 39.0 Å². The molecule has 0 amide bonds. The molecule has 2 aliphatic carbocycles. The van der Waals surface area contributed by atoms with Gasteiger partial charge in [-0.05, 0) is 62.9 Å². The van der Waals surface area contributed by atoms with Crippen LogP contribution in [0.25, 0.3) is 0 Å². The van der Waals surface area contributed by atoms with Gasteiger partial charge in [0, 0.05) is 12.3 Å². The van der Waals surface area contributed by atoms with Gasteiger partial charge in [0.2, 0.25) is 0 Å². The van der Waals surface area contributed by atoms with Crippen LogP contribution >= 0.6 is 0 Å². The van der Waals surface area contributed by atoms with E-state index in [4.69, 9.17) is 9.47 Å². The zero-order chi connectivity index (χ0) is 22.1. The molecule has 1 heterocycles. The van der Waals surface area contributed by atoms with Crippen molar-refractivity contribution in [2.24, 2.45) is 29.1 Å². The van der Waals surface area contributed by atoms with E-state index in [1.54, 1.807) is 0 Å². The van der Waals surface area contributed by atoms with Gasteiger partial charge >= 0.3 is 35.0 Å². The first-order chi connectivity index (χ1) is 14.1. The first-order valence-corrected chi connectivity index (χ1v) is 11.6. The van der Waals surface area contributed by atoms with E-state index in [1.807, 2.05) is 20.8 Å². The van der Waals surface area contributed by atoms with Crippen LogP contribution < -0.4 is 0 Å². The molecule has 3 rings (SSSR count). The number of rotatable bonds is 6. The third-order valence-electron chi connectivity index (χ3n) is 7.35. The number of cyclic esters (lactones) is 1. The average Bonchev–Trinajstić information content (AvgIpc) is 2.66. The molecule has 1 fully saturated rings. The molecule has 0 radical (unpaired) electrons. The van der Waals surface area contributed by atoms with E-state index in [1.165, 1.54) is 5.57 Å². The summed E-state index contributed by atoms with van der Waals surface area (Å²) < 4.78 is 11.6. The van der Waals surface area contributed by atoms with Crippen LogP contribution in [0.5, 0.6) is 0 Å². The van der Waals surface area contributed by atoms with Gasteiger partial charge in [-0.15, -0.1) is 0 Å². The van der Waals surface area contributed by atoms with Crippen molar-refractivity contribution in [2.75, 3.05) is 0 Å². The van der Waals surface area contributed by atoms with Crippen LogP contribution in [-0.4, -0.2) is 58.4 Å². The van der Waals surface area contributed by atoms with Crippen molar-refractivity contribution in [1.29, 1.82) is 0 Å². The van der Waals surface area contributed by atoms with Crippen LogP contribution in [-0.2, 0) is 19.1 Å². The fourth-order valence-corrected chi connectivity index (χ4v) is 5.08. The van der Waals surface area contributed by atoms with Gasteiger partial charge in [0.15, 0.2) is 0 Å². The SMILES string of the molecule is CCC(C)(C)C(=O)O[C@@H]1C[C@H](C)C=C2C=C[C@@H](C)[C@@H](CC[C@@H]3C[C@H](O)CC(=O)O3)[C@@H]21.[H-].[H-].[Mg+2]. The number of hydrogen-bond acceptors (Lipinski definition) is 5. The molecule has 1 aliphatic heterocycles. The van der Waals surface area contributed by atoms with Gasteiger partial charge in [-0.3, -0.25) is 9.59 Å². The van der Waals surface area contributed by atoms with Gasteiger partial charge < -0.3 is 17.4 Å². The van der Waals surface area contributed by atoms with Gasteiger partial charge in [0.25, 0.3) is 0 Å². The van der Waals surface area contributed by atoms with Crippen molar-refractivity contribution in [3.8, 4) is 0 Å². The standard InChI is InChI=1S/C25H38O5.Mg.2H/c1-6-25(4,5)24(28)30-21-12-15(2)11-17-8-7-16(3)20(23(17)21)10-9-19-13-18(26)14-22(27)29-19;;;/h7-8,11,15-16,18-21,23,26H,6,9-10,12-14H2,1-5H3;;;/q;+2;2*-1/t15-,16-,18+,19-,20-,21-,23-;;;/m1.../s1. The normalized spacial score (nSPS) is 35.4. The molecular formula is C25H40MgO5. The number of esters is 2. The Kier molecular flexibility index (Phi) is 9.23. The third kappa shape index (κ3) is 6.35. The van der Waals surface area contributed by atoms with Crippen molar-refractivity contribution < 1.29 is 27.0 Å². The number of carbonyl (C=O) groups is 2. The molecule has 1 saturated heterocycles. The molecular weight excluding hydrogens is 405 g/mol. The Morgan fingerprint density at radius 2 is 2.00 bits per heavy atom. The predicted octanol–water partition coefficient (Wildman–Crippen LogP) is 4.43. The first kappa shape index (κ1) is 26.4. The summed E-state index contributed by atoms with van der Waals surface area (Å²) in [5.74, 6) is 0.776. The summed E-state index contributed by atoms with van der Waals surface area (Å²) in [6, 6.07) is 0. The Balaban J connectivity index is 0.00000341. The van der Waals surface area contributed by atoms with E-state index in [0.29, 0.717) is 24.2 Å². The summed E-state index contributed by atoms with van der Waals surface area (Å²) in [6.07, 6.45) is 9.61. The van der Waals surface area contributed by atoms with Gasteiger partial charge in [-0.2, -0.15) is 0 Å². The molecule has 0 bridgehead atoms. The van der Waals surface area contributed by atoms with E-state index >= 15 is 0 Å². The fraction of sp³-hybridized carbons (Fsp3) is 0.760. The van der Waals surface area contributed by atoms with Gasteiger partial charge in [0.05, 0.1) is 17.9 Å². The summed E-state index contributed by atoms with van der Waals surface area (Å²) >= 11 is 0. The van der Waals surface area contributed by atoms with Crippen molar-refractivity contribution in [3.05, 3.63) is 23.8 Å². The van der Waals surface area contributed by atoms with Crippen molar-refractivity contribution >= 4 is 35.0 Å². The molecule has 1 N–H and O–H groups in total. The number of carbonyl (C=O) groups excluding carboxylic acids is 2. The summed E-state index contributed by atoms with van der Waals surface area (Å²) in [7, 11) is 0. The topological polar surface area (TPSA) is 72.8 Å². The van der Waals surface area contributed by atoms with Crippen molar-refractivity contribution in [1.82, 2.24) is 0 Å². The number of fused-ring (bicyclic) bond motifs is 1. The second kappa shape index (κ2) is 10.8. The molecule has 0 unspecified atom stereocenters. The number of aliphatic hydroxyl groups excluding tert-OH is 1. The van der Waals surface area contributed by atoms with Crippen molar-refractivity contribution in [3.63, 3.8) is 0 Å². The molecule has 172 valence electrons. The van der Waals surface area contributed by atoms with Gasteiger partial charge in [0.1, 0.15) is 12.2 Å². The average molecular weight is 445 g/mol. The van der Waals surface area contributed by atoms with Crippen LogP contribution in [0.3, 0.4) is 0 Å². The van der Waals surface area contributed by atoms with E-state index in [-0.39, 0.29) is 62.4 Å². The van der Waals surface area contributed by atoms with E-state index < -0.39 is 11.5 Å². The molecule has 0 spiro atoms. The minimum atomic E-state index is -0.601. The summed E-state index contributed by atoms with van der Waals surface area (Å²) in [6.45, 7) is 10.3. The van der Waals surface area contributed by atoms with Crippen LogP contribution in [0.15, 0.2) is 23.8 Å². The Morgan fingerprint density at radius 1 is 1.29 bits per heavy atom. The van der Waals surface area contributed by atoms with E-state index in [9.17, 15) is 14.7 Å². The minimum absolute atomic E-state index is 0. The monoisotopic (exact) mass is 444 g/mol. The second-order valence-electron chi connectivity index (χ2n) is 10.3. The van der Waals surface area contributed by atoms with Crippen LogP contribution in [0, 0.1) is 29.1 Å². The number of hydrogen-bond donors (Lipinski definition) is 1. The third-order valence-corrected chi connectivity index (χ3v) is 7.35. The maximum atomic E-state index is 12.9. The predicted molar refractivity (Wildman–Crippen MR) is 123 cm³/mol.